The van der Waals surface area contributed by atoms with E-state index in [4.69, 9.17) is 5.10 Å². The van der Waals surface area contributed by atoms with Gasteiger partial charge in [-0.1, -0.05) is 37.3 Å². The molecule has 2 heterocycles. The lowest BCUT2D eigenvalue weighted by Crippen LogP contribution is -2.51. The molecule has 0 saturated heterocycles. The number of hydrogen-bond donors (Lipinski definition) is 1. The van der Waals surface area contributed by atoms with Gasteiger partial charge in [0.1, 0.15) is 0 Å². The number of allylic oxidation sites excluding steroid dienone is 1. The molecule has 3 atom stereocenters. The van der Waals surface area contributed by atoms with Gasteiger partial charge in [0.2, 0.25) is 0 Å². The molecule has 0 unspecified atom stereocenters. The van der Waals surface area contributed by atoms with Crippen molar-refractivity contribution >= 4 is 5.78 Å². The number of aromatic nitrogens is 3. The van der Waals surface area contributed by atoms with Crippen LogP contribution in [0.15, 0.2) is 66.7 Å². The van der Waals surface area contributed by atoms with Crippen molar-refractivity contribution in [1.29, 1.82) is 0 Å². The topological polar surface area (TPSA) is 68.0 Å². The minimum absolute atomic E-state index is 0.0622. The Hall–Kier alpha value is -3.21. The van der Waals surface area contributed by atoms with Crippen molar-refractivity contribution in [3.05, 3.63) is 83.5 Å². The molecule has 1 N–H and O–H groups in total. The molecular weight excluding hydrogens is 374 g/mol. The van der Waals surface area contributed by atoms with E-state index in [0.29, 0.717) is 12.0 Å². The van der Waals surface area contributed by atoms with Gasteiger partial charge in [0.05, 0.1) is 17.6 Å². The molecule has 5 heteroatoms. The van der Waals surface area contributed by atoms with E-state index in [-0.39, 0.29) is 17.6 Å². The second kappa shape index (κ2) is 6.94. The number of aliphatic hydroxyl groups is 1. The van der Waals surface area contributed by atoms with Gasteiger partial charge < -0.3 is 5.11 Å². The van der Waals surface area contributed by atoms with Crippen molar-refractivity contribution in [2.45, 2.75) is 31.6 Å². The quantitative estimate of drug-likeness (QED) is 0.513. The smallest absolute Gasteiger partial charge is 0.165 e. The highest BCUT2D eigenvalue weighted by atomic mass is 16.2. The normalized spacial score (nSPS) is 27.0. The Balaban J connectivity index is 1.81. The fourth-order valence-electron chi connectivity index (χ4n) is 5.87. The highest BCUT2D eigenvalue weighted by molar-refractivity contribution is 5.98. The molecule has 1 fully saturated rings. The maximum Gasteiger partial charge on any atom is 0.165 e. The minimum Gasteiger partial charge on any atom is -0.515 e. The molecule has 0 aliphatic heterocycles. The zero-order valence-electron chi connectivity index (χ0n) is 17.2. The second-order valence-electron chi connectivity index (χ2n) is 8.51. The van der Waals surface area contributed by atoms with Crippen LogP contribution in [0.3, 0.4) is 0 Å². The van der Waals surface area contributed by atoms with Crippen LogP contribution < -0.4 is 0 Å². The Labute approximate surface area is 176 Å². The van der Waals surface area contributed by atoms with Crippen LogP contribution in [-0.4, -0.2) is 25.7 Å². The number of carbonyl (C=O) groups is 1. The Morgan fingerprint density at radius 2 is 2.00 bits per heavy atom. The van der Waals surface area contributed by atoms with E-state index < -0.39 is 5.41 Å². The Bertz CT molecular complexity index is 1130. The SMILES string of the molecule is C[C@@H]1C(=O)C(=CO)C[C@]2(c3ccccc3)c3c(c(-c4cccnc4)nn3C)CC[C@@H]12. The fourth-order valence-corrected chi connectivity index (χ4v) is 5.87. The van der Waals surface area contributed by atoms with E-state index in [1.165, 1.54) is 11.1 Å². The third kappa shape index (κ3) is 2.51. The number of carbonyl (C=O) groups excluding carboxylic acids is 1. The van der Waals surface area contributed by atoms with Crippen LogP contribution in [0, 0.1) is 11.8 Å². The number of nitrogens with zero attached hydrogens (tertiary/aromatic N) is 3. The first-order valence-corrected chi connectivity index (χ1v) is 10.5. The summed E-state index contributed by atoms with van der Waals surface area (Å²) in [5.41, 5.74) is 5.63. The molecule has 0 radical (unpaired) electrons. The van der Waals surface area contributed by atoms with Crippen LogP contribution >= 0.6 is 0 Å². The predicted molar refractivity (Wildman–Crippen MR) is 115 cm³/mol. The molecule has 5 nitrogen and oxygen atoms in total. The van der Waals surface area contributed by atoms with Crippen molar-refractivity contribution in [3.8, 4) is 11.3 Å². The predicted octanol–water partition coefficient (Wildman–Crippen LogP) is 4.38. The first kappa shape index (κ1) is 18.8. The van der Waals surface area contributed by atoms with E-state index in [0.717, 1.165) is 36.1 Å². The number of ketones is 1. The Morgan fingerprint density at radius 3 is 2.70 bits per heavy atom. The number of pyridine rings is 1. The summed E-state index contributed by atoms with van der Waals surface area (Å²) in [6, 6.07) is 14.4. The summed E-state index contributed by atoms with van der Waals surface area (Å²) in [6.07, 6.45) is 6.92. The molecule has 0 spiro atoms. The van der Waals surface area contributed by atoms with Gasteiger partial charge in [-0.05, 0) is 42.9 Å². The highest BCUT2D eigenvalue weighted by Gasteiger charge is 2.55. The van der Waals surface area contributed by atoms with Crippen LogP contribution in [0.2, 0.25) is 0 Å². The van der Waals surface area contributed by atoms with Crippen LogP contribution in [0.25, 0.3) is 11.3 Å². The molecule has 2 aromatic heterocycles. The Kier molecular flexibility index (Phi) is 4.35. The average molecular weight is 399 g/mol. The maximum absolute atomic E-state index is 12.9. The largest absolute Gasteiger partial charge is 0.515 e. The number of rotatable bonds is 2. The second-order valence-corrected chi connectivity index (χ2v) is 8.51. The first-order chi connectivity index (χ1) is 14.6. The van der Waals surface area contributed by atoms with Gasteiger partial charge in [-0.3, -0.25) is 14.5 Å². The van der Waals surface area contributed by atoms with Crippen LogP contribution in [0.5, 0.6) is 0 Å². The van der Waals surface area contributed by atoms with Gasteiger partial charge in [0.25, 0.3) is 0 Å². The number of hydrogen-bond acceptors (Lipinski definition) is 4. The van der Waals surface area contributed by atoms with E-state index in [1.54, 1.807) is 6.20 Å². The van der Waals surface area contributed by atoms with Gasteiger partial charge in [0.15, 0.2) is 5.78 Å². The number of Topliss-reactive ketones (excluding diaryl/α,β-unsaturated/α-hetero) is 1. The summed E-state index contributed by atoms with van der Waals surface area (Å²) >= 11 is 0. The molecule has 1 saturated carbocycles. The van der Waals surface area contributed by atoms with Crippen molar-refractivity contribution in [1.82, 2.24) is 14.8 Å². The van der Waals surface area contributed by atoms with Crippen LogP contribution in [0.1, 0.15) is 36.6 Å². The van der Waals surface area contributed by atoms with Crippen LogP contribution in [0.4, 0.5) is 0 Å². The first-order valence-electron chi connectivity index (χ1n) is 10.5. The third-order valence-corrected chi connectivity index (χ3v) is 7.09. The highest BCUT2D eigenvalue weighted by Crippen LogP contribution is 2.57. The summed E-state index contributed by atoms with van der Waals surface area (Å²) in [5, 5.41) is 14.8. The zero-order chi connectivity index (χ0) is 20.9. The summed E-state index contributed by atoms with van der Waals surface area (Å²) in [7, 11) is 2.00. The molecule has 0 amide bonds. The lowest BCUT2D eigenvalue weighted by molar-refractivity contribution is -0.123. The monoisotopic (exact) mass is 399 g/mol. The number of benzene rings is 1. The molecule has 5 rings (SSSR count). The standard InChI is InChI=1S/C25H25N3O2/c1-16-21-11-10-20-22(17-7-6-12-26-14-17)27-28(2)24(20)25(21,13-18(15-29)23(16)30)19-8-4-3-5-9-19/h3-9,12,14-16,21,29H,10-11,13H2,1-2H3/t16-,21-,25+/m0/s1. The molecule has 152 valence electrons. The van der Waals surface area contributed by atoms with E-state index in [2.05, 4.69) is 29.2 Å². The summed E-state index contributed by atoms with van der Waals surface area (Å²) in [5.74, 6) is 0.0511. The average Bonchev–Trinajstić information content (AvgIpc) is 3.14. The number of aliphatic hydroxyl groups excluding tert-OH is 1. The summed E-state index contributed by atoms with van der Waals surface area (Å²) < 4.78 is 1.99. The lowest BCUT2D eigenvalue weighted by Gasteiger charge is -2.50. The molecule has 1 aromatic carbocycles. The van der Waals surface area contributed by atoms with Crippen molar-refractivity contribution < 1.29 is 9.90 Å². The molecule has 2 aliphatic rings. The fraction of sp³-hybridized carbons (Fsp3) is 0.320. The van der Waals surface area contributed by atoms with Gasteiger partial charge in [-0.2, -0.15) is 5.10 Å². The number of aryl methyl sites for hydroxylation is 1. The van der Waals surface area contributed by atoms with Crippen molar-refractivity contribution in [2.24, 2.45) is 18.9 Å². The summed E-state index contributed by atoms with van der Waals surface area (Å²) in [4.78, 5) is 17.2. The molecule has 0 bridgehead atoms. The molecular formula is C25H25N3O2. The molecule has 3 aromatic rings. The zero-order valence-corrected chi connectivity index (χ0v) is 17.2. The van der Waals surface area contributed by atoms with E-state index in [1.807, 2.05) is 43.0 Å². The van der Waals surface area contributed by atoms with Gasteiger partial charge in [-0.25, -0.2) is 0 Å². The van der Waals surface area contributed by atoms with E-state index >= 15 is 0 Å². The van der Waals surface area contributed by atoms with Gasteiger partial charge in [-0.15, -0.1) is 0 Å². The maximum atomic E-state index is 12.9. The lowest BCUT2D eigenvalue weighted by atomic mass is 9.52. The Morgan fingerprint density at radius 1 is 1.20 bits per heavy atom. The third-order valence-electron chi connectivity index (χ3n) is 7.09. The number of fused-ring (bicyclic) bond motifs is 3. The van der Waals surface area contributed by atoms with E-state index in [9.17, 15) is 9.90 Å². The summed E-state index contributed by atoms with van der Waals surface area (Å²) in [6.45, 7) is 2.01. The van der Waals surface area contributed by atoms with Gasteiger partial charge in [0, 0.05) is 47.5 Å². The minimum atomic E-state index is -0.404. The molecule has 30 heavy (non-hydrogen) atoms. The van der Waals surface area contributed by atoms with Crippen molar-refractivity contribution in [2.75, 3.05) is 0 Å². The van der Waals surface area contributed by atoms with Crippen LogP contribution in [-0.2, 0) is 23.7 Å². The molecule has 2 aliphatic carbocycles. The van der Waals surface area contributed by atoms with Crippen molar-refractivity contribution in [3.63, 3.8) is 0 Å². The van der Waals surface area contributed by atoms with Gasteiger partial charge >= 0.3 is 0 Å².